The highest BCUT2D eigenvalue weighted by molar-refractivity contribution is 6.21. The molecule has 6 heteroatoms. The lowest BCUT2D eigenvalue weighted by atomic mass is 10.1. The number of nitrogens with one attached hydrogen (secondary N) is 1. The first-order chi connectivity index (χ1) is 12.1. The molecule has 2 heterocycles. The summed E-state index contributed by atoms with van der Waals surface area (Å²) in [6.45, 7) is 5.27. The van der Waals surface area contributed by atoms with Crippen molar-refractivity contribution in [2.24, 2.45) is 0 Å². The Kier molecular flexibility index (Phi) is 5.48. The Balaban J connectivity index is 1.40. The van der Waals surface area contributed by atoms with Crippen molar-refractivity contribution in [3.63, 3.8) is 0 Å². The highest BCUT2D eigenvalue weighted by atomic mass is 16.2. The van der Waals surface area contributed by atoms with Crippen LogP contribution in [0.2, 0.25) is 0 Å². The number of hydrogen-bond acceptors (Lipinski definition) is 4. The van der Waals surface area contributed by atoms with Crippen LogP contribution in [0.25, 0.3) is 0 Å². The lowest BCUT2D eigenvalue weighted by Crippen LogP contribution is -2.40. The van der Waals surface area contributed by atoms with Crippen LogP contribution in [0.1, 0.15) is 53.3 Å². The van der Waals surface area contributed by atoms with Crippen LogP contribution in [0.3, 0.4) is 0 Å². The molecule has 0 bridgehead atoms. The monoisotopic (exact) mass is 343 g/mol. The second-order valence-electron chi connectivity index (χ2n) is 6.81. The molecule has 0 radical (unpaired) electrons. The van der Waals surface area contributed by atoms with E-state index in [2.05, 4.69) is 17.1 Å². The van der Waals surface area contributed by atoms with E-state index in [0.29, 0.717) is 36.6 Å². The summed E-state index contributed by atoms with van der Waals surface area (Å²) in [4.78, 5) is 40.1. The van der Waals surface area contributed by atoms with E-state index in [1.54, 1.807) is 24.3 Å². The first-order valence-corrected chi connectivity index (χ1v) is 9.04. The van der Waals surface area contributed by atoms with Gasteiger partial charge in [-0.3, -0.25) is 24.2 Å². The van der Waals surface area contributed by atoms with Gasteiger partial charge in [-0.1, -0.05) is 12.1 Å². The van der Waals surface area contributed by atoms with E-state index in [4.69, 9.17) is 0 Å². The Labute approximate surface area is 148 Å². The van der Waals surface area contributed by atoms with E-state index in [-0.39, 0.29) is 24.3 Å². The average molecular weight is 343 g/mol. The van der Waals surface area contributed by atoms with Crippen LogP contribution in [0.5, 0.6) is 0 Å². The molecular weight excluding hydrogens is 318 g/mol. The smallest absolute Gasteiger partial charge is 0.261 e. The van der Waals surface area contributed by atoms with Crippen LogP contribution >= 0.6 is 0 Å². The van der Waals surface area contributed by atoms with Gasteiger partial charge in [-0.15, -0.1) is 0 Å². The first kappa shape index (κ1) is 17.6. The van der Waals surface area contributed by atoms with Crippen molar-refractivity contribution >= 4 is 17.7 Å². The van der Waals surface area contributed by atoms with E-state index in [1.807, 2.05) is 0 Å². The predicted octanol–water partition coefficient (Wildman–Crippen LogP) is 1.66. The lowest BCUT2D eigenvalue weighted by Gasteiger charge is -2.23. The second kappa shape index (κ2) is 7.78. The summed E-state index contributed by atoms with van der Waals surface area (Å²) in [7, 11) is 0. The molecule has 2 aliphatic rings. The maximum atomic E-state index is 12.2. The number of likely N-dealkylation sites (tertiary alicyclic amines) is 1. The summed E-state index contributed by atoms with van der Waals surface area (Å²) in [5.41, 5.74) is 0.910. The van der Waals surface area contributed by atoms with E-state index in [1.165, 1.54) is 17.7 Å². The van der Waals surface area contributed by atoms with Crippen molar-refractivity contribution in [1.29, 1.82) is 0 Å². The van der Waals surface area contributed by atoms with Crippen LogP contribution in [-0.2, 0) is 4.79 Å². The van der Waals surface area contributed by atoms with Crippen LogP contribution < -0.4 is 5.32 Å². The maximum absolute atomic E-state index is 12.2. The van der Waals surface area contributed by atoms with Gasteiger partial charge in [0.05, 0.1) is 11.1 Å². The van der Waals surface area contributed by atoms with Crippen LogP contribution in [0.4, 0.5) is 0 Å². The molecule has 1 aromatic rings. The first-order valence-electron chi connectivity index (χ1n) is 9.04. The number of nitrogens with zero attached hydrogens (tertiary/aromatic N) is 2. The zero-order valence-corrected chi connectivity index (χ0v) is 14.7. The number of carbonyl (C=O) groups is 3. The molecule has 0 saturated carbocycles. The van der Waals surface area contributed by atoms with E-state index in [0.717, 1.165) is 13.1 Å². The average Bonchev–Trinajstić information content (AvgIpc) is 3.23. The Hall–Kier alpha value is -2.21. The Morgan fingerprint density at radius 2 is 1.72 bits per heavy atom. The standard InChI is InChI=1S/C19H25N3O3/c1-14(21-10-4-5-11-21)13-20-17(23)9-6-12-22-18(24)15-7-2-3-8-16(15)19(22)25/h2-3,7-8,14H,4-6,9-13H2,1H3,(H,20,23). The normalized spacial score (nSPS) is 18.5. The van der Waals surface area contributed by atoms with Crippen LogP contribution in [0.15, 0.2) is 24.3 Å². The van der Waals surface area contributed by atoms with Gasteiger partial charge in [-0.05, 0) is 51.4 Å². The van der Waals surface area contributed by atoms with Gasteiger partial charge in [0, 0.05) is 25.6 Å². The van der Waals surface area contributed by atoms with Gasteiger partial charge in [0.2, 0.25) is 5.91 Å². The van der Waals surface area contributed by atoms with Crippen molar-refractivity contribution < 1.29 is 14.4 Å². The number of rotatable bonds is 7. The van der Waals surface area contributed by atoms with Gasteiger partial charge < -0.3 is 5.32 Å². The molecule has 3 amide bonds. The minimum Gasteiger partial charge on any atom is -0.355 e. The van der Waals surface area contributed by atoms with Gasteiger partial charge in [0.15, 0.2) is 0 Å². The Morgan fingerprint density at radius 3 is 2.32 bits per heavy atom. The number of fused-ring (bicyclic) bond motifs is 1. The molecule has 134 valence electrons. The van der Waals surface area contributed by atoms with Crippen LogP contribution in [-0.4, -0.2) is 59.7 Å². The zero-order valence-electron chi connectivity index (χ0n) is 14.7. The van der Waals surface area contributed by atoms with Gasteiger partial charge in [0.1, 0.15) is 0 Å². The SMILES string of the molecule is CC(CNC(=O)CCCN1C(=O)c2ccccc2C1=O)N1CCCC1. The molecule has 1 fully saturated rings. The zero-order chi connectivity index (χ0) is 17.8. The molecule has 1 N–H and O–H groups in total. The molecule has 2 aliphatic heterocycles. The lowest BCUT2D eigenvalue weighted by molar-refractivity contribution is -0.121. The van der Waals surface area contributed by atoms with Crippen molar-refractivity contribution in [1.82, 2.24) is 15.1 Å². The fourth-order valence-corrected chi connectivity index (χ4v) is 3.50. The number of benzene rings is 1. The highest BCUT2D eigenvalue weighted by Crippen LogP contribution is 2.22. The Bertz CT molecular complexity index is 633. The highest BCUT2D eigenvalue weighted by Gasteiger charge is 2.34. The summed E-state index contributed by atoms with van der Waals surface area (Å²) >= 11 is 0. The molecule has 1 aromatic carbocycles. The van der Waals surface area contributed by atoms with Crippen molar-refractivity contribution in [3.8, 4) is 0 Å². The summed E-state index contributed by atoms with van der Waals surface area (Å²) in [5, 5.41) is 2.96. The fourth-order valence-electron chi connectivity index (χ4n) is 3.50. The molecular formula is C19H25N3O3. The fraction of sp³-hybridized carbons (Fsp3) is 0.526. The molecule has 3 rings (SSSR count). The topological polar surface area (TPSA) is 69.7 Å². The van der Waals surface area contributed by atoms with Gasteiger partial charge in [0.25, 0.3) is 11.8 Å². The Morgan fingerprint density at radius 1 is 1.12 bits per heavy atom. The van der Waals surface area contributed by atoms with Gasteiger partial charge in [-0.2, -0.15) is 0 Å². The van der Waals surface area contributed by atoms with Gasteiger partial charge >= 0.3 is 0 Å². The maximum Gasteiger partial charge on any atom is 0.261 e. The van der Waals surface area contributed by atoms with E-state index >= 15 is 0 Å². The molecule has 0 aromatic heterocycles. The minimum absolute atomic E-state index is 0.0253. The van der Waals surface area contributed by atoms with Crippen molar-refractivity contribution in [2.75, 3.05) is 26.2 Å². The summed E-state index contributed by atoms with van der Waals surface area (Å²) in [6, 6.07) is 7.19. The third-order valence-electron chi connectivity index (χ3n) is 5.02. The van der Waals surface area contributed by atoms with Gasteiger partial charge in [-0.25, -0.2) is 0 Å². The third kappa shape index (κ3) is 3.90. The molecule has 25 heavy (non-hydrogen) atoms. The molecule has 0 spiro atoms. The summed E-state index contributed by atoms with van der Waals surface area (Å²) in [5.74, 6) is -0.546. The predicted molar refractivity (Wildman–Crippen MR) is 94.3 cm³/mol. The largest absolute Gasteiger partial charge is 0.355 e. The minimum atomic E-state index is -0.260. The summed E-state index contributed by atoms with van der Waals surface area (Å²) < 4.78 is 0. The third-order valence-corrected chi connectivity index (χ3v) is 5.02. The number of carbonyl (C=O) groups excluding carboxylic acids is 3. The molecule has 1 saturated heterocycles. The second-order valence-corrected chi connectivity index (χ2v) is 6.81. The number of imide groups is 1. The molecule has 0 aliphatic carbocycles. The number of amides is 3. The van der Waals surface area contributed by atoms with E-state index in [9.17, 15) is 14.4 Å². The van der Waals surface area contributed by atoms with Crippen LogP contribution in [0, 0.1) is 0 Å². The van der Waals surface area contributed by atoms with Crippen molar-refractivity contribution in [2.45, 2.75) is 38.6 Å². The number of hydrogen-bond donors (Lipinski definition) is 1. The molecule has 1 unspecified atom stereocenters. The molecule has 1 atom stereocenters. The van der Waals surface area contributed by atoms with E-state index < -0.39 is 0 Å². The van der Waals surface area contributed by atoms with Crippen molar-refractivity contribution in [3.05, 3.63) is 35.4 Å². The quantitative estimate of drug-likeness (QED) is 0.765. The summed E-state index contributed by atoms with van der Waals surface area (Å²) in [6.07, 6.45) is 3.27. The molecule has 6 nitrogen and oxygen atoms in total.